The van der Waals surface area contributed by atoms with Gasteiger partial charge in [0, 0.05) is 18.2 Å². The minimum Gasteiger partial charge on any atom is -0.326 e. The smallest absolute Gasteiger partial charge is 0.228 e. The summed E-state index contributed by atoms with van der Waals surface area (Å²) in [6.07, 6.45) is 4.47. The minimum absolute atomic E-state index is 0.223. The van der Waals surface area contributed by atoms with Crippen LogP contribution in [-0.2, 0) is 17.8 Å². The van der Waals surface area contributed by atoms with Gasteiger partial charge in [-0.1, -0.05) is 6.07 Å². The fraction of sp³-hybridized carbons (Fsp3) is 0.588. The average Bonchev–Trinajstić information content (AvgIpc) is 3.21. The van der Waals surface area contributed by atoms with Crippen molar-refractivity contribution >= 4 is 11.6 Å². The molecule has 112 valence electrons. The molecule has 3 N–H and O–H groups in total. The standard InChI is InChI=1S/C17H23N3O/c21-16(15-10-17(15)4-7-18-8-5-17)20-14-2-1-12-3-6-19-11-13(12)9-14/h1-2,9,15,18-19H,3-8,10-11H2,(H,20,21). The third-order valence-electron chi connectivity index (χ3n) is 5.47. The lowest BCUT2D eigenvalue weighted by Gasteiger charge is -2.23. The van der Waals surface area contributed by atoms with Crippen LogP contribution in [0, 0.1) is 11.3 Å². The Bertz CT molecular complexity index is 563. The lowest BCUT2D eigenvalue weighted by atomic mass is 9.91. The van der Waals surface area contributed by atoms with E-state index in [0.29, 0.717) is 5.41 Å². The molecule has 4 rings (SSSR count). The molecule has 1 spiro atoms. The molecular weight excluding hydrogens is 262 g/mol. The van der Waals surface area contributed by atoms with Gasteiger partial charge in [-0.05, 0) is 74.0 Å². The first-order valence-electron chi connectivity index (χ1n) is 8.11. The minimum atomic E-state index is 0.223. The van der Waals surface area contributed by atoms with Gasteiger partial charge in [-0.2, -0.15) is 0 Å². The highest BCUT2D eigenvalue weighted by molar-refractivity contribution is 5.95. The maximum absolute atomic E-state index is 12.5. The third-order valence-corrected chi connectivity index (χ3v) is 5.47. The van der Waals surface area contributed by atoms with Crippen LogP contribution in [0.15, 0.2) is 18.2 Å². The van der Waals surface area contributed by atoms with Crippen molar-refractivity contribution in [3.05, 3.63) is 29.3 Å². The number of carbonyl (C=O) groups excluding carboxylic acids is 1. The molecule has 1 unspecified atom stereocenters. The summed E-state index contributed by atoms with van der Waals surface area (Å²) in [5.74, 6) is 0.453. The average molecular weight is 285 g/mol. The molecule has 4 heteroatoms. The number of amides is 1. The van der Waals surface area contributed by atoms with Crippen LogP contribution in [0.25, 0.3) is 0 Å². The largest absolute Gasteiger partial charge is 0.326 e. The normalized spacial score (nSPS) is 26.2. The Labute approximate surface area is 125 Å². The molecule has 1 saturated heterocycles. The zero-order valence-corrected chi connectivity index (χ0v) is 12.4. The lowest BCUT2D eigenvalue weighted by molar-refractivity contribution is -0.118. The maximum atomic E-state index is 12.5. The highest BCUT2D eigenvalue weighted by Gasteiger charge is 2.57. The monoisotopic (exact) mass is 285 g/mol. The zero-order chi connectivity index (χ0) is 14.3. The molecule has 0 aromatic heterocycles. The van der Waals surface area contributed by atoms with Crippen molar-refractivity contribution < 1.29 is 4.79 Å². The Morgan fingerprint density at radius 1 is 1.14 bits per heavy atom. The van der Waals surface area contributed by atoms with Gasteiger partial charge in [0.2, 0.25) is 5.91 Å². The Balaban J connectivity index is 1.43. The van der Waals surface area contributed by atoms with Crippen LogP contribution in [-0.4, -0.2) is 25.5 Å². The van der Waals surface area contributed by atoms with Crippen molar-refractivity contribution in [1.29, 1.82) is 0 Å². The molecule has 3 aliphatic rings. The molecule has 1 amide bonds. The fourth-order valence-electron chi connectivity index (χ4n) is 3.98. The van der Waals surface area contributed by atoms with Crippen molar-refractivity contribution in [1.82, 2.24) is 10.6 Å². The van der Waals surface area contributed by atoms with Gasteiger partial charge < -0.3 is 16.0 Å². The van der Waals surface area contributed by atoms with E-state index in [9.17, 15) is 4.79 Å². The zero-order valence-electron chi connectivity index (χ0n) is 12.4. The molecular formula is C17H23N3O. The highest BCUT2D eigenvalue weighted by Crippen LogP contribution is 2.58. The number of nitrogens with one attached hydrogen (secondary N) is 3. The van der Waals surface area contributed by atoms with Gasteiger partial charge in [0.05, 0.1) is 0 Å². The Hall–Kier alpha value is -1.39. The van der Waals surface area contributed by atoms with Crippen molar-refractivity contribution in [2.45, 2.75) is 32.2 Å². The van der Waals surface area contributed by atoms with Gasteiger partial charge in [0.25, 0.3) is 0 Å². The van der Waals surface area contributed by atoms with Gasteiger partial charge in [0.1, 0.15) is 0 Å². The molecule has 0 radical (unpaired) electrons. The van der Waals surface area contributed by atoms with E-state index in [1.54, 1.807) is 0 Å². The van der Waals surface area contributed by atoms with Crippen LogP contribution in [0.4, 0.5) is 5.69 Å². The van der Waals surface area contributed by atoms with Gasteiger partial charge in [-0.3, -0.25) is 4.79 Å². The van der Waals surface area contributed by atoms with E-state index < -0.39 is 0 Å². The second-order valence-electron chi connectivity index (χ2n) is 6.77. The first-order chi connectivity index (χ1) is 10.3. The Kier molecular flexibility index (Phi) is 3.23. The van der Waals surface area contributed by atoms with E-state index in [2.05, 4.69) is 34.1 Å². The van der Waals surface area contributed by atoms with Gasteiger partial charge in [0.15, 0.2) is 0 Å². The molecule has 1 saturated carbocycles. The second-order valence-corrected chi connectivity index (χ2v) is 6.77. The van der Waals surface area contributed by atoms with E-state index in [0.717, 1.165) is 57.5 Å². The van der Waals surface area contributed by atoms with Crippen molar-refractivity contribution in [2.75, 3.05) is 25.0 Å². The van der Waals surface area contributed by atoms with Gasteiger partial charge in [-0.15, -0.1) is 0 Å². The SMILES string of the molecule is O=C(Nc1ccc2c(c1)CNCC2)C1CC12CCNCC2. The first kappa shape index (κ1) is 13.3. The van der Waals surface area contributed by atoms with Crippen LogP contribution in [0.3, 0.4) is 0 Å². The molecule has 0 bridgehead atoms. The second kappa shape index (κ2) is 5.11. The van der Waals surface area contributed by atoms with E-state index in [4.69, 9.17) is 0 Å². The number of piperidine rings is 1. The topological polar surface area (TPSA) is 53.2 Å². The van der Waals surface area contributed by atoms with Gasteiger partial charge in [-0.25, -0.2) is 0 Å². The number of rotatable bonds is 2. The van der Waals surface area contributed by atoms with Crippen LogP contribution in [0.2, 0.25) is 0 Å². The summed E-state index contributed by atoms with van der Waals surface area (Å²) in [6, 6.07) is 6.36. The summed E-state index contributed by atoms with van der Waals surface area (Å²) in [7, 11) is 0. The summed E-state index contributed by atoms with van der Waals surface area (Å²) in [6.45, 7) is 4.10. The van der Waals surface area contributed by atoms with Crippen molar-refractivity contribution in [3.63, 3.8) is 0 Å². The molecule has 2 heterocycles. The number of hydrogen-bond acceptors (Lipinski definition) is 3. The summed E-state index contributed by atoms with van der Waals surface area (Å²) >= 11 is 0. The Morgan fingerprint density at radius 2 is 2.00 bits per heavy atom. The molecule has 4 nitrogen and oxygen atoms in total. The molecule has 21 heavy (non-hydrogen) atoms. The van der Waals surface area contributed by atoms with Crippen LogP contribution in [0.1, 0.15) is 30.4 Å². The number of anilines is 1. The number of fused-ring (bicyclic) bond motifs is 1. The van der Waals surface area contributed by atoms with E-state index in [-0.39, 0.29) is 11.8 Å². The molecule has 2 fully saturated rings. The molecule has 1 atom stereocenters. The maximum Gasteiger partial charge on any atom is 0.228 e. The predicted molar refractivity (Wildman–Crippen MR) is 83.1 cm³/mol. The lowest BCUT2D eigenvalue weighted by Crippen LogP contribution is -2.31. The molecule has 1 aromatic rings. The quantitative estimate of drug-likeness (QED) is 0.774. The first-order valence-corrected chi connectivity index (χ1v) is 8.11. The number of benzene rings is 1. The Morgan fingerprint density at radius 3 is 2.86 bits per heavy atom. The highest BCUT2D eigenvalue weighted by atomic mass is 16.2. The fourth-order valence-corrected chi connectivity index (χ4v) is 3.98. The van der Waals surface area contributed by atoms with E-state index in [1.807, 2.05) is 0 Å². The van der Waals surface area contributed by atoms with Crippen molar-refractivity contribution in [2.24, 2.45) is 11.3 Å². The van der Waals surface area contributed by atoms with Crippen LogP contribution in [0.5, 0.6) is 0 Å². The third kappa shape index (κ3) is 2.47. The van der Waals surface area contributed by atoms with Crippen LogP contribution >= 0.6 is 0 Å². The van der Waals surface area contributed by atoms with Crippen molar-refractivity contribution in [3.8, 4) is 0 Å². The summed E-state index contributed by atoms with van der Waals surface area (Å²) < 4.78 is 0. The molecule has 2 aliphatic heterocycles. The summed E-state index contributed by atoms with van der Waals surface area (Å²) in [5.41, 5.74) is 4.00. The summed E-state index contributed by atoms with van der Waals surface area (Å²) in [4.78, 5) is 12.5. The van der Waals surface area contributed by atoms with E-state index in [1.165, 1.54) is 11.1 Å². The van der Waals surface area contributed by atoms with Gasteiger partial charge >= 0.3 is 0 Å². The summed E-state index contributed by atoms with van der Waals surface area (Å²) in [5, 5.41) is 9.91. The van der Waals surface area contributed by atoms with E-state index >= 15 is 0 Å². The number of carbonyl (C=O) groups is 1. The van der Waals surface area contributed by atoms with Crippen LogP contribution < -0.4 is 16.0 Å². The number of hydrogen-bond donors (Lipinski definition) is 3. The molecule has 1 aromatic carbocycles. The predicted octanol–water partition coefficient (Wildman–Crippen LogP) is 1.66. The molecule has 1 aliphatic carbocycles.